The van der Waals surface area contributed by atoms with E-state index in [1.807, 2.05) is 11.8 Å². The lowest BCUT2D eigenvalue weighted by Crippen LogP contribution is -2.42. The molecule has 2 rings (SSSR count). The number of halogens is 1. The summed E-state index contributed by atoms with van der Waals surface area (Å²) in [6, 6.07) is 5.14. The van der Waals surface area contributed by atoms with Gasteiger partial charge < -0.3 is 15.4 Å². The Balaban J connectivity index is 2.38. The van der Waals surface area contributed by atoms with Gasteiger partial charge in [0.15, 0.2) is 6.10 Å². The van der Waals surface area contributed by atoms with Crippen molar-refractivity contribution < 1.29 is 9.13 Å². The molecular weight excluding hydrogens is 245 g/mol. The predicted octanol–water partition coefficient (Wildman–Crippen LogP) is 1.88. The quantitative estimate of drug-likeness (QED) is 0.885. The van der Waals surface area contributed by atoms with Crippen LogP contribution in [0, 0.1) is 24.1 Å². The molecule has 0 spiro atoms. The van der Waals surface area contributed by atoms with Crippen molar-refractivity contribution in [2.75, 3.05) is 24.6 Å². The number of nitriles is 1. The lowest BCUT2D eigenvalue weighted by Gasteiger charge is -2.34. The Labute approximate surface area is 112 Å². The Morgan fingerprint density at radius 1 is 1.58 bits per heavy atom. The van der Waals surface area contributed by atoms with Crippen LogP contribution in [0.5, 0.6) is 0 Å². The minimum atomic E-state index is -0.444. The second-order valence-corrected chi connectivity index (χ2v) is 4.88. The Hall–Kier alpha value is -1.64. The molecule has 0 amide bonds. The highest BCUT2D eigenvalue weighted by atomic mass is 19.1. The van der Waals surface area contributed by atoms with Gasteiger partial charge in [-0.2, -0.15) is 5.26 Å². The highest BCUT2D eigenvalue weighted by Gasteiger charge is 2.23. The molecule has 0 saturated carbocycles. The van der Waals surface area contributed by atoms with Crippen LogP contribution in [0.3, 0.4) is 0 Å². The van der Waals surface area contributed by atoms with Crippen LogP contribution in [0.4, 0.5) is 10.1 Å². The van der Waals surface area contributed by atoms with Gasteiger partial charge in [-0.15, -0.1) is 0 Å². The Bertz CT molecular complexity index is 510. The number of ether oxygens (including phenoxy) is 1. The van der Waals surface area contributed by atoms with E-state index in [1.165, 1.54) is 6.07 Å². The number of nitrogens with two attached hydrogens (primary N) is 1. The lowest BCUT2D eigenvalue weighted by atomic mass is 10.0. The molecule has 0 aromatic heterocycles. The van der Waals surface area contributed by atoms with Crippen LogP contribution in [-0.4, -0.2) is 25.8 Å². The van der Waals surface area contributed by atoms with Crippen molar-refractivity contribution in [3.8, 4) is 6.07 Å². The minimum Gasteiger partial charge on any atom is -0.365 e. The van der Waals surface area contributed by atoms with Crippen LogP contribution in [0.15, 0.2) is 12.1 Å². The van der Waals surface area contributed by atoms with Gasteiger partial charge in [-0.1, -0.05) is 0 Å². The number of rotatable bonds is 2. The molecule has 0 radical (unpaired) electrons. The molecule has 1 fully saturated rings. The smallest absolute Gasteiger partial charge is 0.161 e. The summed E-state index contributed by atoms with van der Waals surface area (Å²) in [5.41, 5.74) is 8.17. The number of morpholine rings is 1. The molecule has 2 atom stereocenters. The van der Waals surface area contributed by atoms with Gasteiger partial charge in [-0.3, -0.25) is 0 Å². The number of aryl methyl sites for hydroxylation is 1. The first-order valence-electron chi connectivity index (χ1n) is 6.34. The maximum Gasteiger partial charge on any atom is 0.161 e. The molecule has 2 N–H and O–H groups in total. The highest BCUT2D eigenvalue weighted by molar-refractivity contribution is 5.57. The van der Waals surface area contributed by atoms with Crippen molar-refractivity contribution in [1.29, 1.82) is 5.26 Å². The first kappa shape index (κ1) is 13.8. The fourth-order valence-corrected chi connectivity index (χ4v) is 2.27. The Morgan fingerprint density at radius 3 is 2.95 bits per heavy atom. The van der Waals surface area contributed by atoms with Crippen LogP contribution in [0.25, 0.3) is 0 Å². The van der Waals surface area contributed by atoms with Crippen molar-refractivity contribution in [1.82, 2.24) is 0 Å². The molecule has 2 unspecified atom stereocenters. The van der Waals surface area contributed by atoms with E-state index in [2.05, 4.69) is 6.07 Å². The molecule has 1 aliphatic rings. The van der Waals surface area contributed by atoms with Gasteiger partial charge >= 0.3 is 0 Å². The fourth-order valence-electron chi connectivity index (χ4n) is 2.27. The SMILES string of the molecule is Cc1cc(N2CCOC(C#N)C2)c(C(C)N)cc1F. The Kier molecular flexibility index (Phi) is 4.03. The summed E-state index contributed by atoms with van der Waals surface area (Å²) in [7, 11) is 0. The van der Waals surface area contributed by atoms with Crippen LogP contribution in [0.2, 0.25) is 0 Å². The lowest BCUT2D eigenvalue weighted by molar-refractivity contribution is 0.0763. The van der Waals surface area contributed by atoms with Crippen LogP contribution >= 0.6 is 0 Å². The van der Waals surface area contributed by atoms with E-state index in [4.69, 9.17) is 15.7 Å². The molecule has 0 aliphatic carbocycles. The first-order valence-corrected chi connectivity index (χ1v) is 6.34. The molecule has 4 nitrogen and oxygen atoms in total. The van der Waals surface area contributed by atoms with E-state index in [0.717, 1.165) is 11.3 Å². The van der Waals surface area contributed by atoms with E-state index in [-0.39, 0.29) is 11.9 Å². The van der Waals surface area contributed by atoms with E-state index >= 15 is 0 Å². The molecular formula is C14H18FN3O. The van der Waals surface area contributed by atoms with Crippen LogP contribution in [0.1, 0.15) is 24.1 Å². The van der Waals surface area contributed by atoms with E-state index in [0.29, 0.717) is 25.3 Å². The molecule has 1 aliphatic heterocycles. The molecule has 1 saturated heterocycles. The maximum atomic E-state index is 13.7. The summed E-state index contributed by atoms with van der Waals surface area (Å²) >= 11 is 0. The van der Waals surface area contributed by atoms with Crippen LogP contribution < -0.4 is 10.6 Å². The molecule has 0 bridgehead atoms. The standard InChI is InChI=1S/C14H18FN3O/c1-9-5-14(12(10(2)17)6-13(9)15)18-3-4-19-11(7-16)8-18/h5-6,10-11H,3-4,8,17H2,1-2H3. The van der Waals surface area contributed by atoms with Crippen molar-refractivity contribution in [3.63, 3.8) is 0 Å². The largest absolute Gasteiger partial charge is 0.365 e. The van der Waals surface area contributed by atoms with Gasteiger partial charge in [0.25, 0.3) is 0 Å². The van der Waals surface area contributed by atoms with Crippen molar-refractivity contribution >= 4 is 5.69 Å². The zero-order valence-corrected chi connectivity index (χ0v) is 11.2. The van der Waals surface area contributed by atoms with E-state index < -0.39 is 6.10 Å². The third-order valence-electron chi connectivity index (χ3n) is 3.35. The van der Waals surface area contributed by atoms with Crippen LogP contribution in [-0.2, 0) is 4.74 Å². The zero-order chi connectivity index (χ0) is 14.0. The molecule has 1 aromatic rings. The number of nitrogens with zero attached hydrogens (tertiary/aromatic N) is 2. The van der Waals surface area contributed by atoms with Crippen molar-refractivity contribution in [3.05, 3.63) is 29.1 Å². The van der Waals surface area contributed by atoms with Gasteiger partial charge in [-0.25, -0.2) is 4.39 Å². The predicted molar refractivity (Wildman–Crippen MR) is 71.3 cm³/mol. The second kappa shape index (κ2) is 5.55. The number of benzene rings is 1. The van der Waals surface area contributed by atoms with Gasteiger partial charge in [0.05, 0.1) is 19.2 Å². The fraction of sp³-hybridized carbons (Fsp3) is 0.500. The first-order chi connectivity index (χ1) is 9.02. The summed E-state index contributed by atoms with van der Waals surface area (Å²) < 4.78 is 19.0. The minimum absolute atomic E-state index is 0.249. The molecule has 19 heavy (non-hydrogen) atoms. The van der Waals surface area contributed by atoms with E-state index in [9.17, 15) is 4.39 Å². The molecule has 1 aromatic carbocycles. The van der Waals surface area contributed by atoms with Crippen molar-refractivity contribution in [2.24, 2.45) is 5.73 Å². The third kappa shape index (κ3) is 2.86. The topological polar surface area (TPSA) is 62.3 Å². The van der Waals surface area contributed by atoms with Gasteiger partial charge in [-0.05, 0) is 37.1 Å². The summed E-state index contributed by atoms with van der Waals surface area (Å²) in [5, 5.41) is 8.95. The van der Waals surface area contributed by atoms with E-state index in [1.54, 1.807) is 13.0 Å². The highest BCUT2D eigenvalue weighted by Crippen LogP contribution is 2.29. The number of hydrogen-bond acceptors (Lipinski definition) is 4. The summed E-state index contributed by atoms with van der Waals surface area (Å²) in [5.74, 6) is -0.249. The Morgan fingerprint density at radius 2 is 2.32 bits per heavy atom. The number of anilines is 1. The summed E-state index contributed by atoms with van der Waals surface area (Å²) in [4.78, 5) is 2.04. The normalized spacial score (nSPS) is 21.0. The van der Waals surface area contributed by atoms with Gasteiger partial charge in [0.2, 0.25) is 0 Å². The molecule has 5 heteroatoms. The monoisotopic (exact) mass is 263 g/mol. The summed E-state index contributed by atoms with van der Waals surface area (Å²) in [6.07, 6.45) is -0.444. The molecule has 1 heterocycles. The second-order valence-electron chi connectivity index (χ2n) is 4.88. The summed E-state index contributed by atoms with van der Waals surface area (Å²) in [6.45, 7) is 5.22. The maximum absolute atomic E-state index is 13.7. The third-order valence-corrected chi connectivity index (χ3v) is 3.35. The van der Waals surface area contributed by atoms with Crippen molar-refractivity contribution in [2.45, 2.75) is 26.0 Å². The zero-order valence-electron chi connectivity index (χ0n) is 11.2. The van der Waals surface area contributed by atoms with Gasteiger partial charge in [0, 0.05) is 18.3 Å². The average Bonchev–Trinajstić information content (AvgIpc) is 2.41. The molecule has 102 valence electrons. The average molecular weight is 263 g/mol. The number of hydrogen-bond donors (Lipinski definition) is 1. The van der Waals surface area contributed by atoms with Gasteiger partial charge in [0.1, 0.15) is 5.82 Å².